The first-order chi connectivity index (χ1) is 17.7. The van der Waals surface area contributed by atoms with E-state index < -0.39 is 5.92 Å². The van der Waals surface area contributed by atoms with E-state index in [0.717, 1.165) is 43.8 Å². The van der Waals surface area contributed by atoms with Gasteiger partial charge in [0.2, 0.25) is 5.91 Å². The molecule has 0 bridgehead atoms. The number of anilines is 1. The number of fused-ring (bicyclic) bond motifs is 1. The van der Waals surface area contributed by atoms with Crippen molar-refractivity contribution in [1.29, 1.82) is 5.26 Å². The highest BCUT2D eigenvalue weighted by Crippen LogP contribution is 2.27. The standard InChI is InChI=1S/C29H28N6O/c30-19-24(29(36)31-20-22-9-3-1-4-10-22)27-28(33-26-14-8-7-13-25(26)32-27)35-17-15-34(16-18-35)21-23-11-5-2-6-12-23/h1-14,24H,15-18,20-21H2,(H,31,36)/p+1/t24-/m0/s1. The van der Waals surface area contributed by atoms with E-state index in [4.69, 9.17) is 9.97 Å². The van der Waals surface area contributed by atoms with Crippen LogP contribution >= 0.6 is 0 Å². The van der Waals surface area contributed by atoms with Gasteiger partial charge in [0, 0.05) is 12.1 Å². The van der Waals surface area contributed by atoms with Crippen LogP contribution in [0.15, 0.2) is 84.9 Å². The average molecular weight is 478 g/mol. The van der Waals surface area contributed by atoms with Crippen molar-refractivity contribution in [1.82, 2.24) is 15.3 Å². The number of rotatable bonds is 7. The molecule has 0 aliphatic carbocycles. The number of carbonyl (C=O) groups excluding carboxylic acids is 1. The summed E-state index contributed by atoms with van der Waals surface area (Å²) in [5.74, 6) is -0.773. The lowest BCUT2D eigenvalue weighted by Gasteiger charge is -2.34. The van der Waals surface area contributed by atoms with E-state index in [2.05, 4.69) is 40.6 Å². The number of aromatic nitrogens is 2. The van der Waals surface area contributed by atoms with Crippen LogP contribution in [0.5, 0.6) is 0 Å². The summed E-state index contributed by atoms with van der Waals surface area (Å²) in [4.78, 5) is 26.5. The Bertz CT molecular complexity index is 1360. The van der Waals surface area contributed by atoms with Crippen molar-refractivity contribution >= 4 is 22.8 Å². The number of quaternary nitrogens is 1. The van der Waals surface area contributed by atoms with Gasteiger partial charge in [-0.3, -0.25) is 4.79 Å². The van der Waals surface area contributed by atoms with Crippen LogP contribution in [-0.2, 0) is 17.9 Å². The molecule has 1 amide bonds. The monoisotopic (exact) mass is 477 g/mol. The Kier molecular flexibility index (Phi) is 7.15. The first kappa shape index (κ1) is 23.5. The molecular weight excluding hydrogens is 448 g/mol. The maximum Gasteiger partial charge on any atom is 0.243 e. The lowest BCUT2D eigenvalue weighted by atomic mass is 10.0. The van der Waals surface area contributed by atoms with Gasteiger partial charge in [0.25, 0.3) is 0 Å². The first-order valence-corrected chi connectivity index (χ1v) is 12.3. The van der Waals surface area contributed by atoms with Gasteiger partial charge in [-0.25, -0.2) is 9.97 Å². The summed E-state index contributed by atoms with van der Waals surface area (Å²) in [7, 11) is 0. The predicted molar refractivity (Wildman–Crippen MR) is 139 cm³/mol. The van der Waals surface area contributed by atoms with Gasteiger partial charge in [0.1, 0.15) is 12.2 Å². The second kappa shape index (κ2) is 11.0. The van der Waals surface area contributed by atoms with Crippen LogP contribution in [0.25, 0.3) is 11.0 Å². The Labute approximate surface area is 211 Å². The normalized spacial score (nSPS) is 14.8. The zero-order valence-corrected chi connectivity index (χ0v) is 20.1. The number of hydrogen-bond donors (Lipinski definition) is 2. The molecule has 2 heterocycles. The Balaban J connectivity index is 1.37. The maximum atomic E-state index is 13.2. The topological polar surface area (TPSA) is 86.3 Å². The molecule has 1 fully saturated rings. The average Bonchev–Trinajstić information content (AvgIpc) is 2.93. The molecule has 0 spiro atoms. The number of hydrogen-bond acceptors (Lipinski definition) is 5. The molecule has 3 aromatic carbocycles. The molecule has 1 aromatic heterocycles. The van der Waals surface area contributed by atoms with Gasteiger partial charge in [-0.05, 0) is 17.7 Å². The molecule has 2 N–H and O–H groups in total. The van der Waals surface area contributed by atoms with Gasteiger partial charge in [-0.1, -0.05) is 72.8 Å². The molecule has 0 radical (unpaired) electrons. The van der Waals surface area contributed by atoms with Crippen LogP contribution in [0, 0.1) is 11.3 Å². The van der Waals surface area contributed by atoms with Crippen molar-refractivity contribution in [3.8, 4) is 6.07 Å². The zero-order chi connectivity index (χ0) is 24.7. The molecule has 1 aliphatic rings. The van der Waals surface area contributed by atoms with Crippen molar-refractivity contribution in [3.63, 3.8) is 0 Å². The molecule has 1 aliphatic heterocycles. The summed E-state index contributed by atoms with van der Waals surface area (Å²) in [6, 6.07) is 30.0. The third-order valence-electron chi connectivity index (χ3n) is 6.62. The minimum atomic E-state index is -1.05. The van der Waals surface area contributed by atoms with Crippen LogP contribution < -0.4 is 15.1 Å². The van der Waals surface area contributed by atoms with Crippen LogP contribution in [0.2, 0.25) is 0 Å². The first-order valence-electron chi connectivity index (χ1n) is 12.3. The SMILES string of the molecule is N#C[C@H](C(=O)NCc1ccccc1)c1nc2ccccc2nc1N1CC[NH+](Cc2ccccc2)CC1. The predicted octanol–water partition coefficient (Wildman–Crippen LogP) is 2.46. The third-order valence-corrected chi connectivity index (χ3v) is 6.62. The van der Waals surface area contributed by atoms with Crippen LogP contribution in [0.1, 0.15) is 22.7 Å². The van der Waals surface area contributed by atoms with Gasteiger partial charge in [0.15, 0.2) is 11.7 Å². The maximum absolute atomic E-state index is 13.2. The fourth-order valence-corrected chi connectivity index (χ4v) is 4.66. The summed E-state index contributed by atoms with van der Waals surface area (Å²) < 4.78 is 0. The third kappa shape index (κ3) is 5.35. The van der Waals surface area contributed by atoms with Crippen molar-refractivity contribution in [2.45, 2.75) is 19.0 Å². The number of amides is 1. The zero-order valence-electron chi connectivity index (χ0n) is 20.1. The lowest BCUT2D eigenvalue weighted by molar-refractivity contribution is -0.914. The second-order valence-corrected chi connectivity index (χ2v) is 9.09. The Morgan fingerprint density at radius 3 is 2.11 bits per heavy atom. The summed E-state index contributed by atoms with van der Waals surface area (Å²) in [5.41, 5.74) is 4.17. The van der Waals surface area contributed by atoms with E-state index in [1.807, 2.05) is 60.7 Å². The highest BCUT2D eigenvalue weighted by atomic mass is 16.1. The van der Waals surface area contributed by atoms with Crippen LogP contribution in [0.3, 0.4) is 0 Å². The molecule has 0 unspecified atom stereocenters. The molecule has 1 saturated heterocycles. The number of piperazine rings is 1. The molecule has 4 aromatic rings. The molecule has 0 saturated carbocycles. The van der Waals surface area contributed by atoms with E-state index >= 15 is 0 Å². The smallest absolute Gasteiger partial charge is 0.243 e. The molecule has 5 rings (SSSR count). The molecule has 1 atom stereocenters. The van der Waals surface area contributed by atoms with Crippen molar-refractivity contribution in [2.24, 2.45) is 0 Å². The van der Waals surface area contributed by atoms with E-state index in [1.165, 1.54) is 10.5 Å². The van der Waals surface area contributed by atoms with Gasteiger partial charge in [-0.2, -0.15) is 5.26 Å². The number of nitriles is 1. The minimum Gasteiger partial charge on any atom is -0.351 e. The van der Waals surface area contributed by atoms with Crippen LogP contribution in [0.4, 0.5) is 5.82 Å². The highest BCUT2D eigenvalue weighted by Gasteiger charge is 2.31. The number of carbonyl (C=O) groups is 1. The molecule has 36 heavy (non-hydrogen) atoms. The van der Waals surface area contributed by atoms with Gasteiger partial charge < -0.3 is 15.1 Å². The molecule has 7 heteroatoms. The summed E-state index contributed by atoms with van der Waals surface area (Å²) in [5, 5.41) is 13.0. The van der Waals surface area contributed by atoms with E-state index in [9.17, 15) is 10.1 Å². The van der Waals surface area contributed by atoms with Crippen LogP contribution in [-0.4, -0.2) is 42.1 Å². The number of para-hydroxylation sites is 2. The summed E-state index contributed by atoms with van der Waals surface area (Å²) >= 11 is 0. The largest absolute Gasteiger partial charge is 0.351 e. The number of nitrogens with one attached hydrogen (secondary N) is 2. The minimum absolute atomic E-state index is 0.357. The number of benzene rings is 3. The van der Waals surface area contributed by atoms with Crippen molar-refractivity contribution in [2.75, 3.05) is 31.1 Å². The molecule has 7 nitrogen and oxygen atoms in total. The quantitative estimate of drug-likeness (QED) is 0.427. The summed E-state index contributed by atoms with van der Waals surface area (Å²) in [6.45, 7) is 4.79. The number of nitrogens with zero attached hydrogens (tertiary/aromatic N) is 4. The van der Waals surface area contributed by atoms with E-state index in [1.54, 1.807) is 0 Å². The van der Waals surface area contributed by atoms with Gasteiger partial charge >= 0.3 is 0 Å². The van der Waals surface area contributed by atoms with Gasteiger partial charge in [-0.15, -0.1) is 0 Å². The Hall–Kier alpha value is -4.28. The lowest BCUT2D eigenvalue weighted by Crippen LogP contribution is -3.13. The van der Waals surface area contributed by atoms with Crippen molar-refractivity contribution < 1.29 is 9.69 Å². The van der Waals surface area contributed by atoms with Crippen molar-refractivity contribution in [3.05, 3.63) is 102 Å². The Morgan fingerprint density at radius 2 is 1.47 bits per heavy atom. The van der Waals surface area contributed by atoms with E-state index in [-0.39, 0.29) is 5.91 Å². The Morgan fingerprint density at radius 1 is 0.889 bits per heavy atom. The molecular formula is C29H29N6O+. The van der Waals surface area contributed by atoms with E-state index in [0.29, 0.717) is 23.6 Å². The molecule has 180 valence electrons. The van der Waals surface area contributed by atoms with Gasteiger partial charge in [0.05, 0.1) is 43.3 Å². The summed E-state index contributed by atoms with van der Waals surface area (Å²) in [6.07, 6.45) is 0. The fourth-order valence-electron chi connectivity index (χ4n) is 4.66. The fraction of sp³-hybridized carbons (Fsp3) is 0.241. The highest BCUT2D eigenvalue weighted by molar-refractivity contribution is 5.88. The second-order valence-electron chi connectivity index (χ2n) is 9.09.